The van der Waals surface area contributed by atoms with Crippen molar-refractivity contribution in [2.75, 3.05) is 7.05 Å². The number of aromatic nitrogens is 1. The molecule has 27 heavy (non-hydrogen) atoms. The number of hydrogen-bond acceptors (Lipinski definition) is 3. The zero-order valence-electron chi connectivity index (χ0n) is 17.8. The van der Waals surface area contributed by atoms with Crippen molar-refractivity contribution in [3.63, 3.8) is 0 Å². The fourth-order valence-corrected chi connectivity index (χ4v) is 2.44. The molecule has 0 bridgehead atoms. The van der Waals surface area contributed by atoms with E-state index in [0.717, 1.165) is 4.90 Å². The maximum Gasteiger partial charge on any atom is 0.183 e. The summed E-state index contributed by atoms with van der Waals surface area (Å²) in [6.45, 7) is 18.2. The second-order valence-corrected chi connectivity index (χ2v) is 8.13. The van der Waals surface area contributed by atoms with Crippen LogP contribution in [0.5, 0.6) is 0 Å². The minimum absolute atomic E-state index is 0. The molecule has 0 N–H and O–H groups in total. The van der Waals surface area contributed by atoms with Crippen LogP contribution in [0.1, 0.15) is 61.1 Å². The Morgan fingerprint density at radius 2 is 1.44 bits per heavy atom. The summed E-state index contributed by atoms with van der Waals surface area (Å²) in [6, 6.07) is 5.18. The van der Waals surface area contributed by atoms with Gasteiger partial charge in [0.15, 0.2) is 5.91 Å². The zero-order valence-corrected chi connectivity index (χ0v) is 20.1. The molecule has 0 aliphatic carbocycles. The molecule has 0 fully saturated rings. The molecule has 0 spiro atoms. The summed E-state index contributed by atoms with van der Waals surface area (Å²) in [7, 11) is 1.42. The third kappa shape index (κ3) is 5.60. The molecule has 1 aliphatic heterocycles. The van der Waals surface area contributed by atoms with Gasteiger partial charge in [-0.25, -0.2) is 0 Å². The number of carbonyl (C=O) groups is 2. The molecule has 2 heterocycles. The molecule has 4 nitrogen and oxygen atoms in total. The Kier molecular flexibility index (Phi) is 9.31. The summed E-state index contributed by atoms with van der Waals surface area (Å²) >= 11 is 0. The van der Waals surface area contributed by atoms with Crippen LogP contribution in [0.4, 0.5) is 0 Å². The maximum atomic E-state index is 11.5. The first-order valence-electron chi connectivity index (χ1n) is 8.82. The van der Waals surface area contributed by atoms with Crippen molar-refractivity contribution in [3.05, 3.63) is 48.0 Å². The minimum Gasteiger partial charge on any atom is -0.346 e. The predicted octanol–water partition coefficient (Wildman–Crippen LogP) is 4.53. The first-order chi connectivity index (χ1) is 11.8. The fourth-order valence-electron chi connectivity index (χ4n) is 2.44. The molecule has 5 heteroatoms. The fraction of sp³-hybridized carbons (Fsp3) is 0.500. The van der Waals surface area contributed by atoms with Crippen LogP contribution >= 0.6 is 0 Å². The number of carbonyl (C=O) groups excluding carboxylic acids is 2. The topological polar surface area (TPSA) is 50.3 Å². The Morgan fingerprint density at radius 3 is 1.74 bits per heavy atom. The van der Waals surface area contributed by atoms with Gasteiger partial charge in [0.1, 0.15) is 5.91 Å². The molecule has 0 saturated carbocycles. The zero-order chi connectivity index (χ0) is 20.3. The molecule has 0 saturated heterocycles. The molecule has 1 aliphatic rings. The van der Waals surface area contributed by atoms with E-state index in [-0.39, 0.29) is 32.5 Å². The van der Waals surface area contributed by atoms with Crippen LogP contribution in [0.25, 0.3) is 5.57 Å². The summed E-state index contributed by atoms with van der Waals surface area (Å²) in [5.41, 5.74) is 1.31. The molecule has 2 rings (SSSR count). The van der Waals surface area contributed by atoms with Crippen LogP contribution in [-0.2, 0) is 30.7 Å². The Bertz CT molecular complexity index is 659. The van der Waals surface area contributed by atoms with Crippen LogP contribution in [0.3, 0.4) is 0 Å². The van der Waals surface area contributed by atoms with Gasteiger partial charge < -0.3 is 26.5 Å². The second-order valence-electron chi connectivity index (χ2n) is 8.13. The molecule has 0 aromatic carbocycles. The summed E-state index contributed by atoms with van der Waals surface area (Å²) in [5.74, 6) is 2.24. The Hall–Kier alpha value is -1.28. The smallest absolute Gasteiger partial charge is 0.183 e. The first-order valence-corrected chi connectivity index (χ1v) is 8.82. The monoisotopic (exact) mass is 550 g/mol. The minimum atomic E-state index is -0.421. The van der Waals surface area contributed by atoms with E-state index in [1.807, 2.05) is 0 Å². The SMILES string of the molecule is CN1C(=O)[C-]=C(c2ccccn2)C1=O.C[C-](C)C(C)(C)C(C)(C)[C-](C)C.[Pt]. The summed E-state index contributed by atoms with van der Waals surface area (Å²) in [4.78, 5) is 27.6. The van der Waals surface area contributed by atoms with Crippen molar-refractivity contribution < 1.29 is 30.7 Å². The van der Waals surface area contributed by atoms with Crippen molar-refractivity contribution in [1.29, 1.82) is 0 Å². The van der Waals surface area contributed by atoms with Gasteiger partial charge in [-0.1, -0.05) is 51.5 Å². The van der Waals surface area contributed by atoms with Crippen LogP contribution in [0, 0.1) is 28.7 Å². The first kappa shape index (κ1) is 25.7. The van der Waals surface area contributed by atoms with Crippen molar-refractivity contribution in [3.8, 4) is 0 Å². The van der Waals surface area contributed by atoms with Crippen molar-refractivity contribution in [1.82, 2.24) is 9.88 Å². The van der Waals surface area contributed by atoms with Crippen LogP contribution in [-0.4, -0.2) is 28.7 Å². The Balaban J connectivity index is 0.000000491. The number of imide groups is 1. The normalized spacial score (nSPS) is 14.8. The van der Waals surface area contributed by atoms with Crippen LogP contribution in [0.15, 0.2) is 24.4 Å². The quantitative estimate of drug-likeness (QED) is 0.409. The van der Waals surface area contributed by atoms with E-state index in [1.54, 1.807) is 24.4 Å². The van der Waals surface area contributed by atoms with Gasteiger partial charge in [-0.2, -0.15) is 38.5 Å². The third-order valence-electron chi connectivity index (χ3n) is 6.04. The summed E-state index contributed by atoms with van der Waals surface area (Å²) < 4.78 is 0. The predicted molar refractivity (Wildman–Crippen MR) is 105 cm³/mol. The molecule has 1 aromatic rings. The summed E-state index contributed by atoms with van der Waals surface area (Å²) in [5, 5.41) is 0. The van der Waals surface area contributed by atoms with Gasteiger partial charge in [0.05, 0.1) is 0 Å². The molecule has 0 atom stereocenters. The number of amides is 2. The second kappa shape index (κ2) is 9.77. The molecular formula is C22H31N2O2Pt-3. The molecule has 154 valence electrons. The molecule has 1 aromatic heterocycles. The average Bonchev–Trinajstić information content (AvgIpc) is 2.83. The van der Waals surface area contributed by atoms with E-state index < -0.39 is 5.91 Å². The number of pyridine rings is 1. The molecule has 0 unspecified atom stereocenters. The maximum absolute atomic E-state index is 11.5. The van der Waals surface area contributed by atoms with Gasteiger partial charge in [0.2, 0.25) is 0 Å². The van der Waals surface area contributed by atoms with E-state index >= 15 is 0 Å². The Labute approximate surface area is 179 Å². The van der Waals surface area contributed by atoms with Crippen molar-refractivity contribution in [2.24, 2.45) is 10.8 Å². The summed E-state index contributed by atoms with van der Waals surface area (Å²) in [6.07, 6.45) is 4.03. The van der Waals surface area contributed by atoms with Crippen LogP contribution in [0.2, 0.25) is 0 Å². The largest absolute Gasteiger partial charge is 0.346 e. The van der Waals surface area contributed by atoms with Gasteiger partial charge in [0, 0.05) is 34.3 Å². The number of hydrogen-bond donors (Lipinski definition) is 0. The number of nitrogens with zero attached hydrogens (tertiary/aromatic N) is 2. The third-order valence-corrected chi connectivity index (χ3v) is 6.04. The standard InChI is InChI=1S/C12H24.C10H7N2O2.Pt/c1-9(2)11(5,6)12(7,8)10(3)4;1-12-9(13)6-7(10(12)14)8-4-2-3-5-11-8;/h1-8H3;2-5H,1H3;/q-2;-1;. The Morgan fingerprint density at radius 1 is 0.963 bits per heavy atom. The molecule has 2 amide bonds. The molecule has 0 radical (unpaired) electrons. The average molecular weight is 551 g/mol. The van der Waals surface area contributed by atoms with E-state index in [2.05, 4.69) is 66.4 Å². The van der Waals surface area contributed by atoms with E-state index in [1.165, 1.54) is 18.9 Å². The van der Waals surface area contributed by atoms with Gasteiger partial charge in [-0.3, -0.25) is 4.79 Å². The van der Waals surface area contributed by atoms with Crippen LogP contribution < -0.4 is 0 Å². The van der Waals surface area contributed by atoms with E-state index in [9.17, 15) is 9.59 Å². The molecular weight excluding hydrogens is 519 g/mol. The number of rotatable bonds is 4. The van der Waals surface area contributed by atoms with Crippen molar-refractivity contribution in [2.45, 2.75) is 55.4 Å². The van der Waals surface area contributed by atoms with Gasteiger partial charge >= 0.3 is 0 Å². The van der Waals surface area contributed by atoms with Gasteiger partial charge in [-0.15, -0.1) is 0 Å². The van der Waals surface area contributed by atoms with Gasteiger partial charge in [0.25, 0.3) is 0 Å². The van der Waals surface area contributed by atoms with E-state index in [0.29, 0.717) is 16.5 Å². The van der Waals surface area contributed by atoms with Gasteiger partial charge in [-0.05, 0) is 11.8 Å². The number of likely N-dealkylation sites (N-methyl/N-ethyl adjacent to an activating group) is 1. The van der Waals surface area contributed by atoms with E-state index in [4.69, 9.17) is 0 Å². The van der Waals surface area contributed by atoms with Crippen molar-refractivity contribution >= 4 is 17.4 Å².